The molecule has 1 aliphatic rings. The Morgan fingerprint density at radius 2 is 1.92 bits per heavy atom. The number of carboxylic acid groups (broad SMARTS) is 1. The van der Waals surface area contributed by atoms with E-state index in [4.69, 9.17) is 10.0 Å². The number of carbonyl (C=O) groups is 1. The molecule has 0 aliphatic carbocycles. The molecule has 0 aromatic rings. The van der Waals surface area contributed by atoms with Crippen LogP contribution in [0.4, 0.5) is 0 Å². The highest BCUT2D eigenvalue weighted by molar-refractivity contribution is 6.40. The Hall–Kier alpha value is -0.845. The number of nitrogens with one attached hydrogen (secondary N) is 1. The third-order valence-electron chi connectivity index (χ3n) is 5.51. The second kappa shape index (κ2) is 11.7. The van der Waals surface area contributed by atoms with Gasteiger partial charge in [-0.1, -0.05) is 44.8 Å². The molecule has 0 saturated carbocycles. The van der Waals surface area contributed by atoms with Crippen molar-refractivity contribution < 1.29 is 19.9 Å². The molecule has 1 aliphatic heterocycles. The van der Waals surface area contributed by atoms with Gasteiger partial charge < -0.3 is 20.5 Å². The maximum atomic E-state index is 12.0. The molecular formula is C19H36BNO4. The van der Waals surface area contributed by atoms with Gasteiger partial charge in [0, 0.05) is 0 Å². The number of unbranched alkanes of at least 4 members (excludes halogenated alkanes) is 3. The lowest BCUT2D eigenvalue weighted by molar-refractivity contribution is -0.146. The van der Waals surface area contributed by atoms with Crippen LogP contribution in [0.2, 0.25) is 6.32 Å². The molecule has 0 radical (unpaired) electrons. The second-order valence-corrected chi connectivity index (χ2v) is 7.51. The summed E-state index contributed by atoms with van der Waals surface area (Å²) < 4.78 is 0. The molecule has 1 rings (SSSR count). The topological polar surface area (TPSA) is 89.8 Å². The lowest BCUT2D eigenvalue weighted by atomic mass is 9.75. The Balaban J connectivity index is 2.43. The minimum atomic E-state index is -1.30. The summed E-state index contributed by atoms with van der Waals surface area (Å²) >= 11 is 0. The van der Waals surface area contributed by atoms with Crippen molar-refractivity contribution in [2.45, 2.75) is 89.4 Å². The zero-order valence-electron chi connectivity index (χ0n) is 15.8. The first kappa shape index (κ1) is 22.2. The first-order valence-corrected chi connectivity index (χ1v) is 9.93. The Kier molecular flexibility index (Phi) is 10.4. The molecule has 1 saturated heterocycles. The van der Waals surface area contributed by atoms with Gasteiger partial charge in [-0.25, -0.2) is 0 Å². The molecule has 0 aromatic carbocycles. The SMILES string of the molecule is C=C(CCCCCC)CCCC1(C(=O)O)NCCC1CCCB(O)O. The Labute approximate surface area is 153 Å². The van der Waals surface area contributed by atoms with E-state index in [1.165, 1.54) is 31.3 Å². The predicted octanol–water partition coefficient (Wildman–Crippen LogP) is 3.37. The van der Waals surface area contributed by atoms with E-state index in [-0.39, 0.29) is 5.92 Å². The van der Waals surface area contributed by atoms with Crippen LogP contribution in [-0.2, 0) is 4.79 Å². The number of rotatable bonds is 14. The van der Waals surface area contributed by atoms with Crippen molar-refractivity contribution in [1.29, 1.82) is 0 Å². The van der Waals surface area contributed by atoms with Crippen LogP contribution in [0.3, 0.4) is 0 Å². The van der Waals surface area contributed by atoms with E-state index in [2.05, 4.69) is 18.8 Å². The largest absolute Gasteiger partial charge is 0.480 e. The minimum absolute atomic E-state index is 0.0570. The monoisotopic (exact) mass is 353 g/mol. The summed E-state index contributed by atoms with van der Waals surface area (Å²) in [5.74, 6) is -0.713. The third kappa shape index (κ3) is 7.51. The Morgan fingerprint density at radius 1 is 1.20 bits per heavy atom. The maximum absolute atomic E-state index is 12.0. The van der Waals surface area contributed by atoms with Crippen LogP contribution >= 0.6 is 0 Å². The van der Waals surface area contributed by atoms with Crippen molar-refractivity contribution in [3.8, 4) is 0 Å². The normalized spacial score (nSPS) is 22.9. The molecule has 6 heteroatoms. The van der Waals surface area contributed by atoms with Crippen molar-refractivity contribution in [1.82, 2.24) is 5.32 Å². The van der Waals surface area contributed by atoms with Gasteiger partial charge in [0.05, 0.1) is 0 Å². The van der Waals surface area contributed by atoms with Gasteiger partial charge in [-0.15, -0.1) is 0 Å². The number of allylic oxidation sites excluding steroid dienone is 1. The van der Waals surface area contributed by atoms with Gasteiger partial charge in [0.2, 0.25) is 0 Å². The molecule has 144 valence electrons. The van der Waals surface area contributed by atoms with Crippen LogP contribution in [-0.4, -0.2) is 40.3 Å². The molecule has 4 N–H and O–H groups in total. The van der Waals surface area contributed by atoms with Crippen molar-refractivity contribution in [2.75, 3.05) is 6.54 Å². The molecular weight excluding hydrogens is 317 g/mol. The van der Waals surface area contributed by atoms with E-state index in [1.807, 2.05) is 0 Å². The van der Waals surface area contributed by atoms with Crippen LogP contribution in [0.5, 0.6) is 0 Å². The number of hydrogen-bond donors (Lipinski definition) is 4. The van der Waals surface area contributed by atoms with Crippen molar-refractivity contribution in [3.05, 3.63) is 12.2 Å². The van der Waals surface area contributed by atoms with E-state index < -0.39 is 18.6 Å². The van der Waals surface area contributed by atoms with Gasteiger partial charge in [0.1, 0.15) is 5.54 Å². The molecule has 1 heterocycles. The summed E-state index contributed by atoms with van der Waals surface area (Å²) in [6, 6.07) is 0. The summed E-state index contributed by atoms with van der Waals surface area (Å²) in [5.41, 5.74) is 0.373. The van der Waals surface area contributed by atoms with Crippen LogP contribution in [0.1, 0.15) is 77.6 Å². The van der Waals surface area contributed by atoms with E-state index >= 15 is 0 Å². The minimum Gasteiger partial charge on any atom is -0.480 e. The van der Waals surface area contributed by atoms with Crippen molar-refractivity contribution in [2.24, 2.45) is 5.92 Å². The summed E-state index contributed by atoms with van der Waals surface area (Å²) in [4.78, 5) is 12.0. The Bertz CT molecular complexity index is 416. The van der Waals surface area contributed by atoms with Crippen molar-refractivity contribution >= 4 is 13.1 Å². The average Bonchev–Trinajstić information content (AvgIpc) is 2.95. The fourth-order valence-electron chi connectivity index (χ4n) is 3.99. The van der Waals surface area contributed by atoms with Gasteiger partial charge in [-0.3, -0.25) is 4.79 Å². The number of aliphatic carboxylic acids is 1. The summed E-state index contributed by atoms with van der Waals surface area (Å²) in [5, 5.41) is 31.0. The highest BCUT2D eigenvalue weighted by Gasteiger charge is 2.48. The molecule has 25 heavy (non-hydrogen) atoms. The van der Waals surface area contributed by atoms with Gasteiger partial charge in [-0.2, -0.15) is 0 Å². The highest BCUT2D eigenvalue weighted by Crippen LogP contribution is 2.36. The predicted molar refractivity (Wildman–Crippen MR) is 102 cm³/mol. The van der Waals surface area contributed by atoms with Gasteiger partial charge >= 0.3 is 13.1 Å². The van der Waals surface area contributed by atoms with Gasteiger partial charge in [-0.05, 0) is 63.7 Å². The first-order chi connectivity index (χ1) is 11.9. The molecule has 0 spiro atoms. The summed E-state index contributed by atoms with van der Waals surface area (Å²) in [6.45, 7) is 7.07. The molecule has 1 fully saturated rings. The molecule has 5 nitrogen and oxygen atoms in total. The molecule has 0 bridgehead atoms. The lowest BCUT2D eigenvalue weighted by Crippen LogP contribution is -2.52. The third-order valence-corrected chi connectivity index (χ3v) is 5.51. The van der Waals surface area contributed by atoms with Gasteiger partial charge in [0.25, 0.3) is 0 Å². The zero-order chi connectivity index (χ0) is 18.7. The van der Waals surface area contributed by atoms with E-state index in [1.54, 1.807) is 0 Å². The van der Waals surface area contributed by atoms with Crippen LogP contribution in [0.25, 0.3) is 0 Å². The molecule has 2 unspecified atom stereocenters. The summed E-state index contributed by atoms with van der Waals surface area (Å²) in [6.07, 6.45) is 10.8. The van der Waals surface area contributed by atoms with Crippen molar-refractivity contribution in [3.63, 3.8) is 0 Å². The maximum Gasteiger partial charge on any atom is 0.451 e. The van der Waals surface area contributed by atoms with Crippen LogP contribution in [0, 0.1) is 5.92 Å². The molecule has 0 aromatic heterocycles. The smallest absolute Gasteiger partial charge is 0.451 e. The Morgan fingerprint density at radius 3 is 2.56 bits per heavy atom. The average molecular weight is 353 g/mol. The van der Waals surface area contributed by atoms with E-state index in [9.17, 15) is 9.90 Å². The number of hydrogen-bond acceptors (Lipinski definition) is 4. The fourth-order valence-corrected chi connectivity index (χ4v) is 3.99. The van der Waals surface area contributed by atoms with Crippen LogP contribution in [0.15, 0.2) is 12.2 Å². The van der Waals surface area contributed by atoms with E-state index in [0.29, 0.717) is 19.2 Å². The molecule has 0 amide bonds. The second-order valence-electron chi connectivity index (χ2n) is 7.51. The summed E-state index contributed by atoms with van der Waals surface area (Å²) in [7, 11) is -1.30. The van der Waals surface area contributed by atoms with Gasteiger partial charge in [0.15, 0.2) is 0 Å². The fraction of sp³-hybridized carbons (Fsp3) is 0.842. The molecule has 2 atom stereocenters. The zero-order valence-corrected chi connectivity index (χ0v) is 15.8. The standard InChI is InChI=1S/C19H36BNO4/c1-3-4-5-6-9-16(2)10-7-13-19(18(22)23)17(12-15-21-19)11-8-14-20(24)25/h17,21,24-25H,2-15H2,1H3,(H,22,23). The van der Waals surface area contributed by atoms with Crippen LogP contribution < -0.4 is 5.32 Å². The quantitative estimate of drug-likeness (QED) is 0.218. The lowest BCUT2D eigenvalue weighted by Gasteiger charge is -2.32. The highest BCUT2D eigenvalue weighted by atomic mass is 16.4. The first-order valence-electron chi connectivity index (χ1n) is 9.93. The number of carboxylic acids is 1. The van der Waals surface area contributed by atoms with E-state index in [0.717, 1.165) is 38.6 Å².